The molecule has 0 bridgehead atoms. The lowest BCUT2D eigenvalue weighted by Crippen LogP contribution is -2.24. The van der Waals surface area contributed by atoms with Gasteiger partial charge in [-0.05, 0) is 50.1 Å². The van der Waals surface area contributed by atoms with Gasteiger partial charge in [0.1, 0.15) is 18.7 Å². The monoisotopic (exact) mass is 433 g/mol. The van der Waals surface area contributed by atoms with Crippen molar-refractivity contribution >= 4 is 34.3 Å². The summed E-state index contributed by atoms with van der Waals surface area (Å²) in [6.07, 6.45) is 2.87. The average Bonchev–Trinajstić information content (AvgIpc) is 3.44. The van der Waals surface area contributed by atoms with Crippen LogP contribution < -0.4 is 10.6 Å². The number of rotatable bonds is 6. The summed E-state index contributed by atoms with van der Waals surface area (Å²) in [7, 11) is 0. The van der Waals surface area contributed by atoms with E-state index in [-0.39, 0.29) is 17.7 Å². The predicted molar refractivity (Wildman–Crippen MR) is 118 cm³/mol. The van der Waals surface area contributed by atoms with E-state index in [1.54, 1.807) is 44.2 Å². The van der Waals surface area contributed by atoms with E-state index in [9.17, 15) is 9.59 Å². The van der Waals surface area contributed by atoms with Crippen molar-refractivity contribution in [3.63, 3.8) is 0 Å². The molecule has 1 unspecified atom stereocenters. The number of nitrogens with one attached hydrogen (secondary N) is 2. The maximum atomic E-state index is 13.0. The molecule has 0 saturated heterocycles. The van der Waals surface area contributed by atoms with Gasteiger partial charge in [0.2, 0.25) is 5.91 Å². The summed E-state index contributed by atoms with van der Waals surface area (Å²) in [5, 5.41) is 14.2. The zero-order chi connectivity index (χ0) is 22.8. The van der Waals surface area contributed by atoms with Gasteiger partial charge in [0.05, 0.1) is 16.6 Å². The number of nitrogens with zero attached hydrogens (tertiary/aromatic N) is 5. The molecule has 4 aromatic rings. The van der Waals surface area contributed by atoms with E-state index in [2.05, 4.69) is 30.9 Å². The highest BCUT2D eigenvalue weighted by Gasteiger charge is 2.20. The number of aromatic nitrogens is 5. The maximum absolute atomic E-state index is 13.0. The molecular weight excluding hydrogens is 410 g/mol. The van der Waals surface area contributed by atoms with E-state index >= 15 is 0 Å². The van der Waals surface area contributed by atoms with Crippen molar-refractivity contribution in [1.82, 2.24) is 24.9 Å². The number of aryl methyl sites for hydroxylation is 1. The molecule has 0 fully saturated rings. The molecule has 1 atom stereocenters. The number of carbonyl (C=O) groups is 2. The lowest BCUT2D eigenvalue weighted by Gasteiger charge is -2.13. The summed E-state index contributed by atoms with van der Waals surface area (Å²) in [5.41, 5.74) is 3.34. The van der Waals surface area contributed by atoms with Crippen LogP contribution >= 0.6 is 0 Å². The van der Waals surface area contributed by atoms with Crippen LogP contribution in [0, 0.1) is 6.92 Å². The molecule has 32 heavy (non-hydrogen) atoms. The predicted octanol–water partition coefficient (Wildman–Crippen LogP) is 3.70. The number of amides is 2. The lowest BCUT2D eigenvalue weighted by molar-refractivity contribution is -0.119. The van der Waals surface area contributed by atoms with E-state index in [0.717, 1.165) is 5.69 Å². The molecule has 0 spiro atoms. The third-order valence-corrected chi connectivity index (χ3v) is 5.10. The van der Waals surface area contributed by atoms with Crippen LogP contribution in [0.3, 0.4) is 0 Å². The second-order valence-corrected chi connectivity index (χ2v) is 7.77. The molecule has 2 amide bonds. The zero-order valence-corrected chi connectivity index (χ0v) is 18.2. The Morgan fingerprint density at radius 2 is 1.75 bits per heavy atom. The fourth-order valence-electron chi connectivity index (χ4n) is 3.21. The van der Waals surface area contributed by atoms with Gasteiger partial charge >= 0.3 is 0 Å². The van der Waals surface area contributed by atoms with Crippen LogP contribution in [0.25, 0.3) is 11.1 Å². The molecule has 0 aliphatic rings. The van der Waals surface area contributed by atoms with Gasteiger partial charge in [-0.3, -0.25) is 9.59 Å². The molecular formula is C22H23N7O3. The SMILES string of the molecule is Cc1noc2nc(C(C)C)cc(C(=O)Nc3ccc(NC(=O)C(C)n4cncn4)cc3)c12. The minimum Gasteiger partial charge on any atom is -0.336 e. The van der Waals surface area contributed by atoms with Crippen molar-refractivity contribution in [2.45, 2.75) is 39.7 Å². The van der Waals surface area contributed by atoms with Gasteiger partial charge in [0.25, 0.3) is 11.6 Å². The highest BCUT2D eigenvalue weighted by atomic mass is 16.5. The Bertz CT molecular complexity index is 1260. The van der Waals surface area contributed by atoms with Crippen LogP contribution in [-0.2, 0) is 4.79 Å². The second kappa shape index (κ2) is 8.58. The summed E-state index contributed by atoms with van der Waals surface area (Å²) in [5.74, 6) is -0.392. The molecule has 0 aliphatic carbocycles. The molecule has 0 saturated carbocycles. The van der Waals surface area contributed by atoms with Crippen LogP contribution in [0.1, 0.15) is 54.5 Å². The van der Waals surface area contributed by atoms with Crippen molar-refractivity contribution in [3.8, 4) is 0 Å². The first-order valence-electron chi connectivity index (χ1n) is 10.2. The van der Waals surface area contributed by atoms with E-state index in [1.165, 1.54) is 17.3 Å². The Hall–Kier alpha value is -4.08. The van der Waals surface area contributed by atoms with Gasteiger partial charge < -0.3 is 15.2 Å². The fraction of sp³-hybridized carbons (Fsp3) is 0.273. The summed E-state index contributed by atoms with van der Waals surface area (Å²) in [6, 6.07) is 8.13. The molecule has 0 aliphatic heterocycles. The molecule has 164 valence electrons. The number of hydrogen-bond acceptors (Lipinski definition) is 7. The first-order chi connectivity index (χ1) is 15.3. The van der Waals surface area contributed by atoms with Gasteiger partial charge in [-0.2, -0.15) is 5.10 Å². The van der Waals surface area contributed by atoms with Crippen LogP contribution in [0.15, 0.2) is 47.5 Å². The zero-order valence-electron chi connectivity index (χ0n) is 18.2. The topological polar surface area (TPSA) is 128 Å². The van der Waals surface area contributed by atoms with Crippen molar-refractivity contribution in [2.24, 2.45) is 0 Å². The third kappa shape index (κ3) is 4.20. The Balaban J connectivity index is 1.50. The van der Waals surface area contributed by atoms with Gasteiger partial charge in [0, 0.05) is 17.1 Å². The Morgan fingerprint density at radius 1 is 1.06 bits per heavy atom. The van der Waals surface area contributed by atoms with Gasteiger partial charge in [0.15, 0.2) is 0 Å². The van der Waals surface area contributed by atoms with Crippen LogP contribution in [-0.4, -0.2) is 36.7 Å². The van der Waals surface area contributed by atoms with Crippen LogP contribution in [0.5, 0.6) is 0 Å². The minimum absolute atomic E-state index is 0.124. The van der Waals surface area contributed by atoms with Crippen LogP contribution in [0.2, 0.25) is 0 Å². The Labute approximate surface area is 184 Å². The Kier molecular flexibility index (Phi) is 5.67. The molecule has 0 radical (unpaired) electrons. The largest absolute Gasteiger partial charge is 0.336 e. The van der Waals surface area contributed by atoms with Crippen LogP contribution in [0.4, 0.5) is 11.4 Å². The van der Waals surface area contributed by atoms with Crippen molar-refractivity contribution in [3.05, 3.63) is 59.9 Å². The van der Waals surface area contributed by atoms with Gasteiger partial charge in [-0.15, -0.1) is 0 Å². The fourth-order valence-corrected chi connectivity index (χ4v) is 3.21. The number of pyridine rings is 1. The molecule has 3 aromatic heterocycles. The smallest absolute Gasteiger partial charge is 0.259 e. The standard InChI is InChI=1S/C22H23N7O3/c1-12(2)18-9-17(19-13(3)28-32-22(19)27-18)21(31)26-16-7-5-15(6-8-16)25-20(30)14(4)29-11-23-10-24-29/h5-12,14H,1-4H3,(H,25,30)(H,26,31). The maximum Gasteiger partial charge on any atom is 0.259 e. The van der Waals surface area contributed by atoms with Crippen molar-refractivity contribution < 1.29 is 14.1 Å². The molecule has 2 N–H and O–H groups in total. The number of hydrogen-bond donors (Lipinski definition) is 2. The molecule has 10 nitrogen and oxygen atoms in total. The van der Waals surface area contributed by atoms with Crippen molar-refractivity contribution in [2.75, 3.05) is 10.6 Å². The second-order valence-electron chi connectivity index (χ2n) is 7.77. The first kappa shape index (κ1) is 21.2. The number of fused-ring (bicyclic) bond motifs is 1. The molecule has 3 heterocycles. The number of benzene rings is 1. The van der Waals surface area contributed by atoms with E-state index in [1.807, 2.05) is 13.8 Å². The highest BCUT2D eigenvalue weighted by Crippen LogP contribution is 2.26. The summed E-state index contributed by atoms with van der Waals surface area (Å²) in [6.45, 7) is 7.50. The van der Waals surface area contributed by atoms with E-state index < -0.39 is 6.04 Å². The molecule has 1 aromatic carbocycles. The summed E-state index contributed by atoms with van der Waals surface area (Å²) in [4.78, 5) is 33.7. The average molecular weight is 433 g/mol. The van der Waals surface area contributed by atoms with Gasteiger partial charge in [-0.1, -0.05) is 19.0 Å². The third-order valence-electron chi connectivity index (χ3n) is 5.10. The minimum atomic E-state index is -0.507. The van der Waals surface area contributed by atoms with Crippen molar-refractivity contribution in [1.29, 1.82) is 0 Å². The number of anilines is 2. The quantitative estimate of drug-likeness (QED) is 0.474. The Morgan fingerprint density at radius 3 is 2.38 bits per heavy atom. The first-order valence-corrected chi connectivity index (χ1v) is 10.2. The molecule has 10 heteroatoms. The lowest BCUT2D eigenvalue weighted by atomic mass is 10.0. The van der Waals surface area contributed by atoms with Gasteiger partial charge in [-0.25, -0.2) is 14.6 Å². The summed E-state index contributed by atoms with van der Waals surface area (Å²) < 4.78 is 6.76. The van der Waals surface area contributed by atoms with E-state index in [4.69, 9.17) is 4.52 Å². The van der Waals surface area contributed by atoms with E-state index in [0.29, 0.717) is 33.7 Å². The summed E-state index contributed by atoms with van der Waals surface area (Å²) >= 11 is 0. The highest BCUT2D eigenvalue weighted by molar-refractivity contribution is 6.12. The normalized spacial score (nSPS) is 12.2. The number of carbonyl (C=O) groups excluding carboxylic acids is 2. The molecule has 4 rings (SSSR count).